The molecule has 0 aliphatic heterocycles. The number of para-hydroxylation sites is 1. The monoisotopic (exact) mass is 347 g/mol. The number of hydrogen-bond donors (Lipinski definition) is 2. The van der Waals surface area contributed by atoms with Crippen molar-refractivity contribution in [3.8, 4) is 0 Å². The van der Waals surface area contributed by atoms with E-state index in [0.717, 1.165) is 0 Å². The Bertz CT molecular complexity index is 154. The molecule has 0 aliphatic rings. The van der Waals surface area contributed by atoms with Crippen molar-refractivity contribution in [2.75, 3.05) is 5.48 Å². The van der Waals surface area contributed by atoms with Gasteiger partial charge in [-0.3, -0.25) is 10.7 Å². The molecule has 2 N–H and O–H groups in total. The largest absolute Gasteiger partial charge is 0.291 e. The van der Waals surface area contributed by atoms with Crippen LogP contribution in [-0.2, 0) is 0 Å². The van der Waals surface area contributed by atoms with E-state index in [1.807, 2.05) is 23.7 Å². The van der Waals surface area contributed by atoms with E-state index in [1.165, 1.54) is 0 Å². The molecule has 0 saturated heterocycles. The van der Waals surface area contributed by atoms with Crippen LogP contribution in [-0.4, -0.2) is 5.21 Å². The number of rotatable bonds is 1. The maximum Gasteiger partial charge on any atom is 0.0602 e. The summed E-state index contributed by atoms with van der Waals surface area (Å²) in [5.74, 6) is 0. The van der Waals surface area contributed by atoms with Crippen LogP contribution in [0.2, 0.25) is 0 Å². The van der Waals surface area contributed by atoms with Gasteiger partial charge in [0.15, 0.2) is 0 Å². The third-order valence-corrected chi connectivity index (χ3v) is 0.903. The molecule has 1 aromatic rings. The Morgan fingerprint density at radius 2 is 1.67 bits per heavy atom. The van der Waals surface area contributed by atoms with Gasteiger partial charge in [0.1, 0.15) is 0 Å². The van der Waals surface area contributed by atoms with Crippen LogP contribution in [0, 0.1) is 31.1 Å². The van der Waals surface area contributed by atoms with Crippen molar-refractivity contribution >= 4 is 5.69 Å². The molecule has 46 valence electrons. The van der Waals surface area contributed by atoms with E-state index in [4.69, 9.17) is 5.21 Å². The van der Waals surface area contributed by atoms with E-state index in [0.29, 0.717) is 5.69 Å². The van der Waals surface area contributed by atoms with Gasteiger partial charge in [-0.05, 0) is 12.1 Å². The summed E-state index contributed by atoms with van der Waals surface area (Å²) in [6, 6.07) is 9.14. The zero-order valence-corrected chi connectivity index (χ0v) is 9.00. The normalized spacial score (nSPS) is 7.67. The minimum absolute atomic E-state index is 0. The van der Waals surface area contributed by atoms with Crippen LogP contribution in [0.1, 0.15) is 0 Å². The van der Waals surface area contributed by atoms with Gasteiger partial charge in [-0.1, -0.05) is 18.2 Å². The Balaban J connectivity index is 0.000000640. The Kier molecular flexibility index (Phi) is 4.89. The molecule has 1 aromatic carbocycles. The fraction of sp³-hybridized carbons (Fsp3) is 0. The Morgan fingerprint density at radius 3 is 2.00 bits per heavy atom. The van der Waals surface area contributed by atoms with Crippen LogP contribution >= 0.6 is 0 Å². The molecule has 0 aromatic heterocycles. The molecular formula is C6H7NOU. The summed E-state index contributed by atoms with van der Waals surface area (Å²) >= 11 is 0. The first-order valence-corrected chi connectivity index (χ1v) is 2.38. The van der Waals surface area contributed by atoms with Gasteiger partial charge in [-0.25, -0.2) is 0 Å². The summed E-state index contributed by atoms with van der Waals surface area (Å²) < 4.78 is 0. The van der Waals surface area contributed by atoms with Crippen LogP contribution < -0.4 is 5.48 Å². The van der Waals surface area contributed by atoms with Gasteiger partial charge in [0.25, 0.3) is 0 Å². The maximum absolute atomic E-state index is 8.29. The van der Waals surface area contributed by atoms with Crippen molar-refractivity contribution in [1.29, 1.82) is 0 Å². The summed E-state index contributed by atoms with van der Waals surface area (Å²) in [6.07, 6.45) is 0. The topological polar surface area (TPSA) is 32.3 Å². The van der Waals surface area contributed by atoms with E-state index in [9.17, 15) is 0 Å². The first-order valence-electron chi connectivity index (χ1n) is 2.38. The third-order valence-electron chi connectivity index (χ3n) is 0.903. The molecule has 0 saturated carbocycles. The third kappa shape index (κ3) is 2.90. The number of hydrogen-bond acceptors (Lipinski definition) is 2. The zero-order valence-electron chi connectivity index (χ0n) is 4.83. The average molecular weight is 347 g/mol. The van der Waals surface area contributed by atoms with Gasteiger partial charge in [-0.15, -0.1) is 0 Å². The molecule has 1 rings (SSSR count). The molecule has 0 fully saturated rings. The predicted octanol–water partition coefficient (Wildman–Crippen LogP) is 1.49. The molecule has 0 heterocycles. The second-order valence-electron chi connectivity index (χ2n) is 1.48. The van der Waals surface area contributed by atoms with Crippen molar-refractivity contribution in [2.45, 2.75) is 0 Å². The van der Waals surface area contributed by atoms with Gasteiger partial charge in [0.2, 0.25) is 0 Å². The summed E-state index contributed by atoms with van der Waals surface area (Å²) in [7, 11) is 0. The van der Waals surface area contributed by atoms with E-state index in [-0.39, 0.29) is 31.1 Å². The van der Waals surface area contributed by atoms with Crippen LogP contribution in [0.3, 0.4) is 0 Å². The zero-order chi connectivity index (χ0) is 5.82. The maximum atomic E-state index is 8.29. The number of anilines is 1. The van der Waals surface area contributed by atoms with Gasteiger partial charge >= 0.3 is 0 Å². The molecule has 2 nitrogen and oxygen atoms in total. The molecule has 0 aliphatic carbocycles. The number of nitrogens with one attached hydrogen (secondary N) is 1. The van der Waals surface area contributed by atoms with E-state index >= 15 is 0 Å². The SMILES string of the molecule is ONc1ccccc1.[U]. The first kappa shape index (κ1) is 9.03. The first-order chi connectivity index (χ1) is 3.93. The standard InChI is InChI=1S/C6H7NO.U/c8-7-6-4-2-1-3-5-6;/h1-5,7-8H;. The molecule has 0 unspecified atom stereocenters. The second-order valence-corrected chi connectivity index (χ2v) is 1.48. The fourth-order valence-corrected chi connectivity index (χ4v) is 0.513. The average Bonchev–Trinajstić information content (AvgIpc) is 1.90. The van der Waals surface area contributed by atoms with Gasteiger partial charge in [0.05, 0.1) is 5.69 Å². The molecule has 0 atom stereocenters. The smallest absolute Gasteiger partial charge is 0.0602 e. The quantitative estimate of drug-likeness (QED) is 0.755. The summed E-state index contributed by atoms with van der Waals surface area (Å²) in [5, 5.41) is 8.29. The van der Waals surface area contributed by atoms with Crippen LogP contribution in [0.5, 0.6) is 0 Å². The Hall–Kier alpha value is 0.0319. The molecule has 0 radical (unpaired) electrons. The van der Waals surface area contributed by atoms with Crippen LogP contribution in [0.15, 0.2) is 30.3 Å². The predicted molar refractivity (Wildman–Crippen MR) is 31.9 cm³/mol. The van der Waals surface area contributed by atoms with E-state index in [2.05, 4.69) is 0 Å². The van der Waals surface area contributed by atoms with Crippen molar-refractivity contribution < 1.29 is 36.3 Å². The molecule has 3 heteroatoms. The summed E-state index contributed by atoms with van der Waals surface area (Å²) in [5.41, 5.74) is 2.74. The van der Waals surface area contributed by atoms with Crippen molar-refractivity contribution in [3.05, 3.63) is 30.3 Å². The van der Waals surface area contributed by atoms with Gasteiger partial charge in [-0.2, -0.15) is 0 Å². The Morgan fingerprint density at radius 1 is 1.11 bits per heavy atom. The van der Waals surface area contributed by atoms with Gasteiger partial charge in [0, 0.05) is 31.1 Å². The minimum atomic E-state index is 0. The van der Waals surface area contributed by atoms with Crippen LogP contribution in [0.25, 0.3) is 0 Å². The van der Waals surface area contributed by atoms with E-state index in [1.54, 1.807) is 12.1 Å². The molecular weight excluding hydrogens is 340 g/mol. The molecule has 0 spiro atoms. The van der Waals surface area contributed by atoms with Gasteiger partial charge < -0.3 is 0 Å². The fourth-order valence-electron chi connectivity index (χ4n) is 0.513. The van der Waals surface area contributed by atoms with E-state index < -0.39 is 0 Å². The van der Waals surface area contributed by atoms with Crippen LogP contribution in [0.4, 0.5) is 5.69 Å². The molecule has 0 amide bonds. The van der Waals surface area contributed by atoms with Crippen molar-refractivity contribution in [3.63, 3.8) is 0 Å². The molecule has 0 bridgehead atoms. The summed E-state index contributed by atoms with van der Waals surface area (Å²) in [4.78, 5) is 0. The molecule has 9 heavy (non-hydrogen) atoms. The number of benzene rings is 1. The van der Waals surface area contributed by atoms with Crippen molar-refractivity contribution in [2.24, 2.45) is 0 Å². The summed E-state index contributed by atoms with van der Waals surface area (Å²) in [6.45, 7) is 0. The Labute approximate surface area is 77.6 Å². The van der Waals surface area contributed by atoms with Crippen molar-refractivity contribution in [1.82, 2.24) is 0 Å². The second kappa shape index (κ2) is 4.87. The minimum Gasteiger partial charge on any atom is -0.291 e.